The molecule has 1 N–H and O–H groups in total. The van der Waals surface area contributed by atoms with E-state index in [1.165, 1.54) is 12.1 Å². The number of nitrogens with zero attached hydrogens (tertiary/aromatic N) is 2. The Balaban J connectivity index is 1.44. The van der Waals surface area contributed by atoms with Crippen molar-refractivity contribution in [2.45, 2.75) is 20.0 Å². The van der Waals surface area contributed by atoms with Crippen LogP contribution in [-0.4, -0.2) is 23.7 Å². The summed E-state index contributed by atoms with van der Waals surface area (Å²) in [6.07, 6.45) is 1.77. The predicted molar refractivity (Wildman–Crippen MR) is 121 cm³/mol. The van der Waals surface area contributed by atoms with Gasteiger partial charge in [0.05, 0.1) is 24.2 Å². The topological polar surface area (TPSA) is 103 Å². The summed E-state index contributed by atoms with van der Waals surface area (Å²) in [5.41, 5.74) is 5.06. The summed E-state index contributed by atoms with van der Waals surface area (Å²) in [6.45, 7) is 2.82. The van der Waals surface area contributed by atoms with Gasteiger partial charge in [-0.1, -0.05) is 12.1 Å². The number of nitro groups is 1. The number of amides is 1. The lowest BCUT2D eigenvalue weighted by atomic mass is 10.1. The first-order chi connectivity index (χ1) is 15.5. The van der Waals surface area contributed by atoms with Gasteiger partial charge in [0.1, 0.15) is 18.1 Å². The zero-order valence-electron chi connectivity index (χ0n) is 17.6. The number of hydrogen-bond acceptors (Lipinski definition) is 6. The van der Waals surface area contributed by atoms with Crippen molar-refractivity contribution >= 4 is 17.8 Å². The Labute approximate surface area is 185 Å². The summed E-state index contributed by atoms with van der Waals surface area (Å²) in [5.74, 6) is 1.21. The third-order valence-electron chi connectivity index (χ3n) is 4.43. The van der Waals surface area contributed by atoms with Gasteiger partial charge in [-0.25, -0.2) is 5.43 Å². The van der Waals surface area contributed by atoms with E-state index in [0.29, 0.717) is 19.0 Å². The van der Waals surface area contributed by atoms with E-state index in [-0.39, 0.29) is 18.0 Å². The van der Waals surface area contributed by atoms with Crippen molar-refractivity contribution in [1.82, 2.24) is 5.43 Å². The summed E-state index contributed by atoms with van der Waals surface area (Å²) in [5, 5.41) is 14.7. The quantitative estimate of drug-likeness (QED) is 0.292. The molecule has 0 heterocycles. The Morgan fingerprint density at radius 3 is 2.16 bits per heavy atom. The zero-order chi connectivity index (χ0) is 22.8. The number of ether oxygens (including phenoxy) is 2. The molecule has 3 rings (SSSR count). The van der Waals surface area contributed by atoms with Crippen LogP contribution in [0.3, 0.4) is 0 Å². The maximum absolute atomic E-state index is 12.0. The lowest BCUT2D eigenvalue weighted by Gasteiger charge is -2.06. The van der Waals surface area contributed by atoms with Crippen LogP contribution >= 0.6 is 0 Å². The van der Waals surface area contributed by atoms with E-state index < -0.39 is 4.92 Å². The molecular weight excluding hydrogens is 410 g/mol. The van der Waals surface area contributed by atoms with Gasteiger partial charge in [-0.05, 0) is 72.1 Å². The highest BCUT2D eigenvalue weighted by atomic mass is 16.6. The van der Waals surface area contributed by atoms with Crippen molar-refractivity contribution in [3.63, 3.8) is 0 Å². The van der Waals surface area contributed by atoms with Gasteiger partial charge >= 0.3 is 0 Å². The molecule has 0 radical (unpaired) electrons. The molecule has 0 aliphatic heterocycles. The Kier molecular flexibility index (Phi) is 7.91. The van der Waals surface area contributed by atoms with Gasteiger partial charge in [-0.15, -0.1) is 0 Å². The fourth-order valence-corrected chi connectivity index (χ4v) is 2.80. The van der Waals surface area contributed by atoms with Crippen LogP contribution in [-0.2, 0) is 17.8 Å². The van der Waals surface area contributed by atoms with E-state index in [0.717, 1.165) is 22.4 Å². The van der Waals surface area contributed by atoms with Crippen LogP contribution in [0.2, 0.25) is 0 Å². The van der Waals surface area contributed by atoms with Crippen LogP contribution in [0.1, 0.15) is 23.6 Å². The third-order valence-corrected chi connectivity index (χ3v) is 4.43. The molecule has 0 fully saturated rings. The molecule has 164 valence electrons. The average molecular weight is 433 g/mol. The first-order valence-corrected chi connectivity index (χ1v) is 10.0. The highest BCUT2D eigenvalue weighted by molar-refractivity contribution is 5.83. The number of hydrogen-bond donors (Lipinski definition) is 1. The minimum atomic E-state index is -0.437. The fourth-order valence-electron chi connectivity index (χ4n) is 2.80. The number of nitro benzene ring substituents is 1. The molecule has 8 heteroatoms. The molecular formula is C24H23N3O5. The number of rotatable bonds is 10. The largest absolute Gasteiger partial charge is 0.494 e. The number of hydrazone groups is 1. The van der Waals surface area contributed by atoms with Crippen LogP contribution in [0.25, 0.3) is 0 Å². The number of non-ortho nitro benzene ring substituents is 1. The highest BCUT2D eigenvalue weighted by Crippen LogP contribution is 2.16. The monoisotopic (exact) mass is 433 g/mol. The molecule has 0 bridgehead atoms. The molecule has 0 aliphatic carbocycles. The molecule has 32 heavy (non-hydrogen) atoms. The zero-order valence-corrected chi connectivity index (χ0v) is 17.6. The van der Waals surface area contributed by atoms with Crippen LogP contribution < -0.4 is 14.9 Å². The number of carbonyl (C=O) groups is 1. The van der Waals surface area contributed by atoms with Gasteiger partial charge in [0.25, 0.3) is 5.69 Å². The lowest BCUT2D eigenvalue weighted by molar-refractivity contribution is -0.384. The van der Waals surface area contributed by atoms with Gasteiger partial charge in [-0.3, -0.25) is 14.9 Å². The van der Waals surface area contributed by atoms with Gasteiger partial charge < -0.3 is 9.47 Å². The average Bonchev–Trinajstić information content (AvgIpc) is 2.80. The molecule has 0 atom stereocenters. The Morgan fingerprint density at radius 2 is 1.53 bits per heavy atom. The van der Waals surface area contributed by atoms with Crippen LogP contribution in [0.4, 0.5) is 5.69 Å². The van der Waals surface area contributed by atoms with Gasteiger partial charge in [-0.2, -0.15) is 5.10 Å². The Bertz CT molecular complexity index is 1060. The van der Waals surface area contributed by atoms with E-state index in [1.807, 2.05) is 43.3 Å². The first-order valence-electron chi connectivity index (χ1n) is 10.0. The minimum Gasteiger partial charge on any atom is -0.494 e. The van der Waals surface area contributed by atoms with E-state index in [9.17, 15) is 14.9 Å². The van der Waals surface area contributed by atoms with Crippen molar-refractivity contribution in [3.05, 3.63) is 99.6 Å². The second kappa shape index (κ2) is 11.3. The minimum absolute atomic E-state index is 0.0453. The van der Waals surface area contributed by atoms with E-state index in [4.69, 9.17) is 9.47 Å². The Hall–Kier alpha value is -4.20. The molecule has 0 saturated carbocycles. The normalized spacial score (nSPS) is 10.7. The number of nitrogens with one attached hydrogen (secondary N) is 1. The molecule has 0 unspecified atom stereocenters. The van der Waals surface area contributed by atoms with Gasteiger partial charge in [0.15, 0.2) is 0 Å². The molecule has 0 spiro atoms. The molecule has 3 aromatic rings. The second-order valence-electron chi connectivity index (χ2n) is 6.83. The van der Waals surface area contributed by atoms with Crippen molar-refractivity contribution in [2.24, 2.45) is 5.10 Å². The van der Waals surface area contributed by atoms with Crippen LogP contribution in [0, 0.1) is 10.1 Å². The SMILES string of the molecule is CCOc1ccc(CC(=O)N/N=C/c2ccc(OCc3ccc([N+](=O)[O-])cc3)cc2)cc1. The lowest BCUT2D eigenvalue weighted by Crippen LogP contribution is -2.19. The number of carbonyl (C=O) groups excluding carboxylic acids is 1. The molecule has 0 aromatic heterocycles. The van der Waals surface area contributed by atoms with E-state index >= 15 is 0 Å². The van der Waals surface area contributed by atoms with Crippen LogP contribution in [0.15, 0.2) is 77.9 Å². The molecule has 1 amide bonds. The van der Waals surface area contributed by atoms with Gasteiger partial charge in [0, 0.05) is 12.1 Å². The summed E-state index contributed by atoms with van der Waals surface area (Å²) >= 11 is 0. The van der Waals surface area contributed by atoms with E-state index in [1.54, 1.807) is 30.5 Å². The molecule has 0 saturated heterocycles. The summed E-state index contributed by atoms with van der Waals surface area (Å²) in [7, 11) is 0. The second-order valence-corrected chi connectivity index (χ2v) is 6.83. The molecule has 8 nitrogen and oxygen atoms in total. The van der Waals surface area contributed by atoms with Crippen molar-refractivity contribution in [3.8, 4) is 11.5 Å². The maximum Gasteiger partial charge on any atom is 0.269 e. The van der Waals surface area contributed by atoms with E-state index in [2.05, 4.69) is 10.5 Å². The molecule has 0 aliphatic rings. The Morgan fingerprint density at radius 1 is 0.938 bits per heavy atom. The fraction of sp³-hybridized carbons (Fsp3) is 0.167. The molecule has 3 aromatic carbocycles. The standard InChI is InChI=1S/C24H23N3O5/c1-2-31-22-11-5-18(6-12-22)15-24(28)26-25-16-19-7-13-23(14-8-19)32-17-20-3-9-21(10-4-20)27(29)30/h3-14,16H,2,15,17H2,1H3,(H,26,28)/b25-16+. The predicted octanol–water partition coefficient (Wildman–Crippen LogP) is 4.27. The maximum atomic E-state index is 12.0. The first kappa shape index (κ1) is 22.5. The van der Waals surface area contributed by atoms with Gasteiger partial charge in [0.2, 0.25) is 5.91 Å². The van der Waals surface area contributed by atoms with Crippen molar-refractivity contribution < 1.29 is 19.2 Å². The highest BCUT2D eigenvalue weighted by Gasteiger charge is 2.05. The number of benzene rings is 3. The summed E-state index contributed by atoms with van der Waals surface area (Å²) in [6, 6.07) is 20.8. The third kappa shape index (κ3) is 6.94. The van der Waals surface area contributed by atoms with Crippen molar-refractivity contribution in [2.75, 3.05) is 6.61 Å². The smallest absolute Gasteiger partial charge is 0.269 e. The summed E-state index contributed by atoms with van der Waals surface area (Å²) in [4.78, 5) is 22.3. The van der Waals surface area contributed by atoms with Crippen molar-refractivity contribution in [1.29, 1.82) is 0 Å². The summed E-state index contributed by atoms with van der Waals surface area (Å²) < 4.78 is 11.1. The van der Waals surface area contributed by atoms with Crippen LogP contribution in [0.5, 0.6) is 11.5 Å².